The summed E-state index contributed by atoms with van der Waals surface area (Å²) in [6.45, 7) is 12.0. The van der Waals surface area contributed by atoms with Crippen molar-refractivity contribution in [2.75, 3.05) is 6.54 Å². The second-order valence-electron chi connectivity index (χ2n) is 9.83. The third kappa shape index (κ3) is 6.30. The molecule has 0 bridgehead atoms. The van der Waals surface area contributed by atoms with Crippen LogP contribution in [0.1, 0.15) is 91.5 Å². The minimum absolute atomic E-state index is 0.0167. The number of hydrogen-bond donors (Lipinski definition) is 1. The van der Waals surface area contributed by atoms with Crippen molar-refractivity contribution in [1.82, 2.24) is 10.2 Å². The third-order valence-electron chi connectivity index (χ3n) is 7.80. The third-order valence-corrected chi connectivity index (χ3v) is 23.5. The molecule has 1 aromatic rings. The van der Waals surface area contributed by atoms with Crippen molar-refractivity contribution in [2.24, 2.45) is 5.41 Å². The van der Waals surface area contributed by atoms with Crippen LogP contribution in [0.4, 0.5) is 4.79 Å². The van der Waals surface area contributed by atoms with Gasteiger partial charge in [0.15, 0.2) is 0 Å². The Balaban J connectivity index is 2.04. The summed E-state index contributed by atoms with van der Waals surface area (Å²) < 4.78 is 6.07. The first-order valence-corrected chi connectivity index (χ1v) is 20.6. The molecule has 0 spiro atoms. The summed E-state index contributed by atoms with van der Waals surface area (Å²) in [5.74, 6) is -0.0167. The summed E-state index contributed by atoms with van der Waals surface area (Å²) in [6, 6.07) is 8.94. The summed E-state index contributed by atoms with van der Waals surface area (Å²) >= 11 is -2.39. The van der Waals surface area contributed by atoms with Crippen molar-refractivity contribution in [3.05, 3.63) is 29.8 Å². The molecule has 0 radical (unpaired) electrons. The molecular weight excluding hydrogens is 503 g/mol. The number of nitrogens with zero attached hydrogens (tertiary/aromatic N) is 1. The van der Waals surface area contributed by atoms with Gasteiger partial charge in [0.25, 0.3) is 0 Å². The fraction of sp³-hybridized carbons (Fsp3) is 0.704. The van der Waals surface area contributed by atoms with Gasteiger partial charge >= 0.3 is 201 Å². The van der Waals surface area contributed by atoms with Crippen molar-refractivity contribution < 1.29 is 9.59 Å². The number of likely N-dealkylation sites (tertiary alicyclic amines) is 1. The maximum atomic E-state index is 12.5. The Bertz CT molecular complexity index is 706. The quantitative estimate of drug-likeness (QED) is 0.210. The predicted molar refractivity (Wildman–Crippen MR) is 138 cm³/mol. The Kier molecular flexibility index (Phi) is 11.1. The Morgan fingerprint density at radius 1 is 0.906 bits per heavy atom. The first-order chi connectivity index (χ1) is 15.4. The SMILES string of the molecule is CCC[CH2][Sn]([CH2]CCC)([CH2]CCC)[c]1ccc(CNC(=O)N2CC(CC)(CC)C2=O)cc1. The molecule has 1 N–H and O–H groups in total. The van der Waals surface area contributed by atoms with Crippen LogP contribution in [-0.2, 0) is 11.3 Å². The Morgan fingerprint density at radius 3 is 1.81 bits per heavy atom. The summed E-state index contributed by atoms with van der Waals surface area (Å²) in [5.41, 5.74) is 0.805. The fourth-order valence-corrected chi connectivity index (χ4v) is 21.1. The topological polar surface area (TPSA) is 49.4 Å². The molecule has 2 rings (SSSR count). The Hall–Kier alpha value is -1.04. The maximum absolute atomic E-state index is 12.5. The number of unbranched alkanes of at least 4 members (excludes halogenated alkanes) is 3. The van der Waals surface area contributed by atoms with Crippen LogP contribution in [0.3, 0.4) is 0 Å². The van der Waals surface area contributed by atoms with Crippen LogP contribution in [0, 0.1) is 5.41 Å². The molecule has 1 aromatic carbocycles. The number of hydrogen-bond acceptors (Lipinski definition) is 2. The number of benzene rings is 1. The van der Waals surface area contributed by atoms with Gasteiger partial charge < -0.3 is 0 Å². The van der Waals surface area contributed by atoms with E-state index in [4.69, 9.17) is 0 Å². The molecular formula is C27H46N2O2Sn. The molecule has 3 amide bonds. The van der Waals surface area contributed by atoms with Crippen LogP contribution >= 0.6 is 0 Å². The number of amides is 3. The van der Waals surface area contributed by atoms with E-state index >= 15 is 0 Å². The van der Waals surface area contributed by atoms with Gasteiger partial charge in [-0.3, -0.25) is 0 Å². The van der Waals surface area contributed by atoms with E-state index in [1.165, 1.54) is 56.7 Å². The van der Waals surface area contributed by atoms with Crippen molar-refractivity contribution in [1.29, 1.82) is 0 Å². The van der Waals surface area contributed by atoms with Gasteiger partial charge in [-0.1, -0.05) is 0 Å². The Labute approximate surface area is 200 Å². The minimum atomic E-state index is -2.39. The van der Waals surface area contributed by atoms with E-state index in [0.29, 0.717) is 13.1 Å². The van der Waals surface area contributed by atoms with Gasteiger partial charge in [0, 0.05) is 0 Å². The number of imide groups is 1. The van der Waals surface area contributed by atoms with Gasteiger partial charge in [-0.25, -0.2) is 0 Å². The molecule has 32 heavy (non-hydrogen) atoms. The molecule has 0 saturated carbocycles. The normalized spacial score (nSPS) is 15.5. The number of nitrogens with one attached hydrogen (secondary N) is 1. The van der Waals surface area contributed by atoms with Gasteiger partial charge in [-0.15, -0.1) is 0 Å². The summed E-state index contributed by atoms with van der Waals surface area (Å²) in [5, 5.41) is 2.96. The van der Waals surface area contributed by atoms with Crippen LogP contribution in [0.25, 0.3) is 0 Å². The van der Waals surface area contributed by atoms with Crippen LogP contribution in [0.2, 0.25) is 13.3 Å². The van der Waals surface area contributed by atoms with Gasteiger partial charge in [0.05, 0.1) is 0 Å². The fourth-order valence-electron chi connectivity index (χ4n) is 5.18. The van der Waals surface area contributed by atoms with Crippen molar-refractivity contribution in [2.45, 2.75) is 106 Å². The second kappa shape index (κ2) is 13.0. The van der Waals surface area contributed by atoms with E-state index in [9.17, 15) is 9.59 Å². The van der Waals surface area contributed by atoms with Crippen molar-refractivity contribution in [3.8, 4) is 0 Å². The average Bonchev–Trinajstić information content (AvgIpc) is 2.82. The van der Waals surface area contributed by atoms with Gasteiger partial charge in [-0.05, 0) is 0 Å². The van der Waals surface area contributed by atoms with Gasteiger partial charge in [-0.2, -0.15) is 0 Å². The zero-order chi connectivity index (χ0) is 23.6. The predicted octanol–water partition coefficient (Wildman–Crippen LogP) is 6.60. The summed E-state index contributed by atoms with van der Waals surface area (Å²) in [7, 11) is 0. The molecule has 0 atom stereocenters. The molecule has 1 heterocycles. The van der Waals surface area contributed by atoms with Crippen molar-refractivity contribution >= 4 is 33.9 Å². The van der Waals surface area contributed by atoms with Crippen LogP contribution in [0.5, 0.6) is 0 Å². The molecule has 1 fully saturated rings. The van der Waals surface area contributed by atoms with Crippen molar-refractivity contribution in [3.63, 3.8) is 0 Å². The van der Waals surface area contributed by atoms with Crippen LogP contribution in [0.15, 0.2) is 24.3 Å². The number of carbonyl (C=O) groups excluding carboxylic acids is 2. The number of β-lactam (4-membered cyclic amide) rings is 1. The van der Waals surface area contributed by atoms with E-state index in [1.807, 2.05) is 13.8 Å². The molecule has 1 aliphatic rings. The van der Waals surface area contributed by atoms with E-state index in [1.54, 1.807) is 3.58 Å². The number of carbonyl (C=O) groups is 2. The molecule has 5 heteroatoms. The van der Waals surface area contributed by atoms with Gasteiger partial charge in [0.1, 0.15) is 0 Å². The molecule has 0 unspecified atom stereocenters. The van der Waals surface area contributed by atoms with E-state index in [0.717, 1.165) is 18.4 Å². The molecule has 0 aromatic heterocycles. The number of urea groups is 1. The molecule has 0 aliphatic carbocycles. The van der Waals surface area contributed by atoms with Crippen LogP contribution < -0.4 is 8.90 Å². The molecule has 1 saturated heterocycles. The van der Waals surface area contributed by atoms with Crippen LogP contribution in [-0.4, -0.2) is 41.8 Å². The zero-order valence-corrected chi connectivity index (χ0v) is 24.1. The van der Waals surface area contributed by atoms with Gasteiger partial charge in [0.2, 0.25) is 0 Å². The first kappa shape index (κ1) is 27.2. The molecule has 180 valence electrons. The molecule has 1 aliphatic heterocycles. The molecule has 4 nitrogen and oxygen atoms in total. The van der Waals surface area contributed by atoms with E-state index in [-0.39, 0.29) is 17.4 Å². The first-order valence-electron chi connectivity index (χ1n) is 13.1. The monoisotopic (exact) mass is 550 g/mol. The zero-order valence-electron chi connectivity index (χ0n) is 21.3. The average molecular weight is 549 g/mol. The summed E-state index contributed by atoms with van der Waals surface area (Å²) in [4.78, 5) is 26.4. The second-order valence-corrected chi connectivity index (χ2v) is 23.1. The number of rotatable bonds is 14. The van der Waals surface area contributed by atoms with E-state index in [2.05, 4.69) is 50.4 Å². The Morgan fingerprint density at radius 2 is 1.41 bits per heavy atom. The standard InChI is InChI=1S/C15H19N2O2.3C4H9.Sn/c1-3-15(4-2)11-17(13(15)18)14(19)16-10-12-8-6-5-7-9-12;3*1-3-4-2;/h6-9H,3-4,10-11H2,1-2H3,(H,16,19);3*1,3-4H2,2H3;. The summed E-state index contributed by atoms with van der Waals surface area (Å²) in [6.07, 6.45) is 9.55. The van der Waals surface area contributed by atoms with E-state index < -0.39 is 18.4 Å².